The van der Waals surface area contributed by atoms with Gasteiger partial charge in [0.25, 0.3) is 0 Å². The van der Waals surface area contributed by atoms with Crippen LogP contribution in [-0.4, -0.2) is 0 Å². The second-order valence-electron chi connectivity index (χ2n) is 5.96. The standard InChI is InChI=1S/C17H24Cl2/c1-12-10-15(16(18)11-13(12)2)17(19)14-8-6-4-3-5-7-9-14/h10-11,14,17H,3-9H2,1-2H3. The van der Waals surface area contributed by atoms with Crippen molar-refractivity contribution in [1.29, 1.82) is 0 Å². The monoisotopic (exact) mass is 298 g/mol. The van der Waals surface area contributed by atoms with E-state index in [-0.39, 0.29) is 5.38 Å². The van der Waals surface area contributed by atoms with Crippen molar-refractivity contribution < 1.29 is 0 Å². The van der Waals surface area contributed by atoms with Crippen LogP contribution in [-0.2, 0) is 0 Å². The van der Waals surface area contributed by atoms with Gasteiger partial charge in [0.2, 0.25) is 0 Å². The van der Waals surface area contributed by atoms with Crippen molar-refractivity contribution in [1.82, 2.24) is 0 Å². The Bertz CT molecular complexity index is 418. The van der Waals surface area contributed by atoms with Crippen LogP contribution < -0.4 is 0 Å². The van der Waals surface area contributed by atoms with Gasteiger partial charge in [-0.15, -0.1) is 11.6 Å². The molecular weight excluding hydrogens is 275 g/mol. The largest absolute Gasteiger partial charge is 0.117 e. The van der Waals surface area contributed by atoms with Crippen molar-refractivity contribution in [3.63, 3.8) is 0 Å². The number of benzene rings is 1. The molecule has 1 unspecified atom stereocenters. The fourth-order valence-corrected chi connectivity index (χ4v) is 3.87. The maximum Gasteiger partial charge on any atom is 0.0628 e. The van der Waals surface area contributed by atoms with Gasteiger partial charge in [-0.25, -0.2) is 0 Å². The summed E-state index contributed by atoms with van der Waals surface area (Å²) in [6.07, 6.45) is 9.24. The van der Waals surface area contributed by atoms with Crippen LogP contribution in [0.5, 0.6) is 0 Å². The lowest BCUT2D eigenvalue weighted by atomic mass is 9.85. The van der Waals surface area contributed by atoms with Crippen molar-refractivity contribution in [3.8, 4) is 0 Å². The fourth-order valence-electron chi connectivity index (χ4n) is 3.05. The van der Waals surface area contributed by atoms with Crippen LogP contribution in [0.1, 0.15) is 67.0 Å². The Hall–Kier alpha value is -0.200. The first kappa shape index (κ1) is 15.2. The molecule has 0 heterocycles. The van der Waals surface area contributed by atoms with Crippen LogP contribution in [0.15, 0.2) is 12.1 Å². The lowest BCUT2D eigenvalue weighted by Gasteiger charge is -2.25. The third-order valence-corrected chi connectivity index (χ3v) is 5.39. The second-order valence-corrected chi connectivity index (χ2v) is 6.84. The SMILES string of the molecule is Cc1cc(Cl)c(C(Cl)C2CCCCCCC2)cc1C. The molecule has 106 valence electrons. The first-order valence-electron chi connectivity index (χ1n) is 7.50. The number of alkyl halides is 1. The van der Waals surface area contributed by atoms with Gasteiger partial charge in [0, 0.05) is 5.02 Å². The smallest absolute Gasteiger partial charge is 0.0628 e. The topological polar surface area (TPSA) is 0 Å². The molecule has 1 fully saturated rings. The third kappa shape index (κ3) is 3.89. The third-order valence-electron chi connectivity index (χ3n) is 4.47. The molecule has 0 bridgehead atoms. The molecule has 1 aromatic rings. The summed E-state index contributed by atoms with van der Waals surface area (Å²) in [7, 11) is 0. The molecule has 0 radical (unpaired) electrons. The average molecular weight is 299 g/mol. The van der Waals surface area contributed by atoms with Gasteiger partial charge in [0.05, 0.1) is 5.38 Å². The fraction of sp³-hybridized carbons (Fsp3) is 0.647. The van der Waals surface area contributed by atoms with E-state index in [9.17, 15) is 0 Å². The van der Waals surface area contributed by atoms with Gasteiger partial charge in [0.15, 0.2) is 0 Å². The van der Waals surface area contributed by atoms with Crippen LogP contribution in [0.2, 0.25) is 5.02 Å². The Morgan fingerprint density at radius 1 is 0.947 bits per heavy atom. The molecule has 0 N–H and O–H groups in total. The van der Waals surface area contributed by atoms with E-state index in [2.05, 4.69) is 26.0 Å². The van der Waals surface area contributed by atoms with Crippen LogP contribution in [0.3, 0.4) is 0 Å². The molecule has 0 amide bonds. The Balaban J connectivity index is 2.17. The van der Waals surface area contributed by atoms with E-state index >= 15 is 0 Å². The van der Waals surface area contributed by atoms with E-state index in [1.54, 1.807) is 0 Å². The highest BCUT2D eigenvalue weighted by Crippen LogP contribution is 2.40. The van der Waals surface area contributed by atoms with Gasteiger partial charge in [-0.1, -0.05) is 49.8 Å². The predicted octanol–water partition coefficient (Wildman–Crippen LogP) is 6.60. The molecule has 2 rings (SSSR count). The average Bonchev–Trinajstić information content (AvgIpc) is 2.32. The summed E-state index contributed by atoms with van der Waals surface area (Å²) in [4.78, 5) is 0. The van der Waals surface area contributed by atoms with E-state index in [1.165, 1.54) is 56.1 Å². The minimum Gasteiger partial charge on any atom is -0.117 e. The molecule has 1 atom stereocenters. The van der Waals surface area contributed by atoms with Crippen LogP contribution >= 0.6 is 23.2 Å². The van der Waals surface area contributed by atoms with Crippen LogP contribution in [0, 0.1) is 19.8 Å². The molecular formula is C17H24Cl2. The maximum atomic E-state index is 6.76. The molecule has 1 aliphatic carbocycles. The van der Waals surface area contributed by atoms with Crippen molar-refractivity contribution in [3.05, 3.63) is 33.8 Å². The molecule has 0 aromatic heterocycles. The number of hydrogen-bond acceptors (Lipinski definition) is 0. The molecule has 1 aromatic carbocycles. The van der Waals surface area contributed by atoms with Gasteiger partial charge in [-0.05, 0) is 55.4 Å². The summed E-state index contributed by atoms with van der Waals surface area (Å²) < 4.78 is 0. The van der Waals surface area contributed by atoms with Crippen LogP contribution in [0.4, 0.5) is 0 Å². The summed E-state index contributed by atoms with van der Waals surface area (Å²) in [6, 6.07) is 4.25. The number of rotatable bonds is 2. The molecule has 1 aliphatic rings. The lowest BCUT2D eigenvalue weighted by molar-refractivity contribution is 0.368. The first-order chi connectivity index (χ1) is 9.09. The molecule has 0 nitrogen and oxygen atoms in total. The van der Waals surface area contributed by atoms with Gasteiger partial charge < -0.3 is 0 Å². The highest BCUT2D eigenvalue weighted by Gasteiger charge is 2.23. The summed E-state index contributed by atoms with van der Waals surface area (Å²) >= 11 is 13.2. The highest BCUT2D eigenvalue weighted by molar-refractivity contribution is 6.33. The molecule has 0 saturated heterocycles. The summed E-state index contributed by atoms with van der Waals surface area (Å²) in [5.74, 6) is 0.585. The maximum absolute atomic E-state index is 6.76. The zero-order valence-electron chi connectivity index (χ0n) is 12.0. The predicted molar refractivity (Wildman–Crippen MR) is 85.3 cm³/mol. The van der Waals surface area contributed by atoms with E-state index in [1.807, 2.05) is 0 Å². The van der Waals surface area contributed by atoms with E-state index in [0.717, 1.165) is 10.6 Å². The lowest BCUT2D eigenvalue weighted by Crippen LogP contribution is -2.11. The van der Waals surface area contributed by atoms with Gasteiger partial charge in [-0.3, -0.25) is 0 Å². The Morgan fingerprint density at radius 3 is 2.11 bits per heavy atom. The minimum absolute atomic E-state index is 0.0740. The van der Waals surface area contributed by atoms with E-state index in [4.69, 9.17) is 23.2 Å². The first-order valence-corrected chi connectivity index (χ1v) is 8.31. The summed E-state index contributed by atoms with van der Waals surface area (Å²) in [5.41, 5.74) is 3.67. The van der Waals surface area contributed by atoms with E-state index in [0.29, 0.717) is 5.92 Å². The number of halogens is 2. The number of aryl methyl sites for hydroxylation is 2. The Morgan fingerprint density at radius 2 is 1.47 bits per heavy atom. The van der Waals surface area contributed by atoms with Crippen molar-refractivity contribution in [2.24, 2.45) is 5.92 Å². The van der Waals surface area contributed by atoms with Gasteiger partial charge in [-0.2, -0.15) is 0 Å². The Kier molecular flexibility index (Phi) is 5.59. The van der Waals surface area contributed by atoms with Crippen molar-refractivity contribution >= 4 is 23.2 Å². The molecule has 19 heavy (non-hydrogen) atoms. The molecule has 0 aliphatic heterocycles. The molecule has 0 spiro atoms. The number of hydrogen-bond donors (Lipinski definition) is 0. The minimum atomic E-state index is 0.0740. The van der Waals surface area contributed by atoms with Gasteiger partial charge >= 0.3 is 0 Å². The Labute approximate surface area is 127 Å². The normalized spacial score (nSPS) is 19.8. The highest BCUT2D eigenvalue weighted by atomic mass is 35.5. The summed E-state index contributed by atoms with van der Waals surface area (Å²) in [5, 5.41) is 0.912. The zero-order valence-corrected chi connectivity index (χ0v) is 13.5. The molecule has 2 heteroatoms. The van der Waals surface area contributed by atoms with Crippen molar-refractivity contribution in [2.75, 3.05) is 0 Å². The molecule has 1 saturated carbocycles. The van der Waals surface area contributed by atoms with Gasteiger partial charge in [0.1, 0.15) is 0 Å². The van der Waals surface area contributed by atoms with Crippen LogP contribution in [0.25, 0.3) is 0 Å². The second kappa shape index (κ2) is 6.99. The summed E-state index contributed by atoms with van der Waals surface area (Å²) in [6.45, 7) is 4.24. The zero-order chi connectivity index (χ0) is 13.8. The van der Waals surface area contributed by atoms with E-state index < -0.39 is 0 Å². The quantitative estimate of drug-likeness (QED) is 0.540. The van der Waals surface area contributed by atoms with Crippen molar-refractivity contribution in [2.45, 2.75) is 64.2 Å².